The molecule has 0 rings (SSSR count). The fraction of sp³-hybridized carbons (Fsp3) is 0.533. The van der Waals surface area contributed by atoms with E-state index < -0.39 is 23.3 Å². The highest BCUT2D eigenvalue weighted by molar-refractivity contribution is 6.00. The van der Waals surface area contributed by atoms with Gasteiger partial charge in [-0.1, -0.05) is 12.2 Å². The van der Waals surface area contributed by atoms with E-state index in [1.54, 1.807) is 19.1 Å². The maximum atomic E-state index is 12.0. The van der Waals surface area contributed by atoms with Crippen molar-refractivity contribution in [3.8, 4) is 11.8 Å². The molecule has 0 aliphatic heterocycles. The molecule has 0 amide bonds. The van der Waals surface area contributed by atoms with Gasteiger partial charge in [0.05, 0.1) is 14.2 Å². The molecule has 0 atom stereocenters. The van der Waals surface area contributed by atoms with E-state index in [-0.39, 0.29) is 19.4 Å². The number of allylic oxidation sites excluding steroid dienone is 1. The number of hydrogen-bond donors (Lipinski definition) is 0. The van der Waals surface area contributed by atoms with E-state index in [4.69, 9.17) is 14.2 Å². The summed E-state index contributed by atoms with van der Waals surface area (Å²) in [5, 5.41) is 0. The van der Waals surface area contributed by atoms with Crippen LogP contribution in [0.3, 0.4) is 0 Å². The molecule has 0 fully saturated rings. The molecule has 0 heterocycles. The van der Waals surface area contributed by atoms with Crippen molar-refractivity contribution < 1.29 is 28.6 Å². The predicted molar refractivity (Wildman–Crippen MR) is 74.9 cm³/mol. The molecule has 0 aromatic rings. The Morgan fingerprint density at radius 3 is 2.10 bits per heavy atom. The van der Waals surface area contributed by atoms with E-state index in [0.29, 0.717) is 0 Å². The smallest absolute Gasteiger partial charge is 0.324 e. The average Bonchev–Trinajstić information content (AvgIpc) is 2.48. The van der Waals surface area contributed by atoms with E-state index in [1.807, 2.05) is 0 Å². The topological polar surface area (TPSA) is 78.9 Å². The third kappa shape index (κ3) is 5.69. The van der Waals surface area contributed by atoms with Crippen LogP contribution in [-0.2, 0) is 28.6 Å². The zero-order valence-electron chi connectivity index (χ0n) is 12.7. The van der Waals surface area contributed by atoms with E-state index in [2.05, 4.69) is 11.8 Å². The number of rotatable bonds is 7. The van der Waals surface area contributed by atoms with Gasteiger partial charge >= 0.3 is 17.9 Å². The number of methoxy groups -OCH3 is 2. The van der Waals surface area contributed by atoms with Crippen molar-refractivity contribution in [1.82, 2.24) is 0 Å². The molecule has 0 aromatic heterocycles. The molecule has 0 unspecified atom stereocenters. The lowest BCUT2D eigenvalue weighted by Crippen LogP contribution is -2.40. The van der Waals surface area contributed by atoms with Crippen molar-refractivity contribution in [2.45, 2.75) is 26.7 Å². The van der Waals surface area contributed by atoms with E-state index in [1.165, 1.54) is 21.1 Å². The Kier molecular flexibility index (Phi) is 8.54. The van der Waals surface area contributed by atoms with Crippen LogP contribution < -0.4 is 0 Å². The van der Waals surface area contributed by atoms with Crippen LogP contribution in [0.5, 0.6) is 0 Å². The summed E-state index contributed by atoms with van der Waals surface area (Å²) in [6.45, 7) is 2.96. The summed E-state index contributed by atoms with van der Waals surface area (Å²) in [6, 6.07) is 0. The number of hydrogen-bond acceptors (Lipinski definition) is 6. The van der Waals surface area contributed by atoms with Crippen LogP contribution in [0.2, 0.25) is 0 Å². The first-order valence-electron chi connectivity index (χ1n) is 6.29. The molecule has 0 saturated carbocycles. The fourth-order valence-electron chi connectivity index (χ4n) is 1.61. The molecule has 0 radical (unpaired) electrons. The van der Waals surface area contributed by atoms with Crippen LogP contribution >= 0.6 is 0 Å². The Bertz CT molecular complexity index is 450. The van der Waals surface area contributed by atoms with Gasteiger partial charge in [0.25, 0.3) is 0 Å². The summed E-state index contributed by atoms with van der Waals surface area (Å²) < 4.78 is 14.1. The van der Waals surface area contributed by atoms with Crippen LogP contribution in [-0.4, -0.2) is 38.7 Å². The summed E-state index contributed by atoms with van der Waals surface area (Å²) in [7, 11) is 2.39. The van der Waals surface area contributed by atoms with Crippen molar-refractivity contribution in [2.24, 2.45) is 5.41 Å². The zero-order chi connectivity index (χ0) is 16.3. The van der Waals surface area contributed by atoms with Crippen molar-refractivity contribution >= 4 is 17.9 Å². The van der Waals surface area contributed by atoms with Gasteiger partial charge in [-0.2, -0.15) is 0 Å². The quantitative estimate of drug-likeness (QED) is 0.231. The largest absolute Gasteiger partial charge is 0.468 e. The summed E-state index contributed by atoms with van der Waals surface area (Å²) in [5.41, 5.74) is -1.51. The second-order valence-corrected chi connectivity index (χ2v) is 4.15. The maximum absolute atomic E-state index is 12.0. The van der Waals surface area contributed by atoms with Crippen molar-refractivity contribution in [3.05, 3.63) is 12.2 Å². The van der Waals surface area contributed by atoms with Crippen molar-refractivity contribution in [1.29, 1.82) is 0 Å². The van der Waals surface area contributed by atoms with Crippen LogP contribution in [0.15, 0.2) is 12.2 Å². The Morgan fingerprint density at radius 2 is 1.67 bits per heavy atom. The number of esters is 3. The summed E-state index contributed by atoms with van der Waals surface area (Å²) >= 11 is 0. The number of carbonyl (C=O) groups excluding carboxylic acids is 3. The molecule has 0 saturated heterocycles. The molecular formula is C15H20O6. The van der Waals surface area contributed by atoms with Gasteiger partial charge in [0.1, 0.15) is 6.61 Å². The Hall–Kier alpha value is -2.29. The summed E-state index contributed by atoms with van der Waals surface area (Å²) in [6.07, 6.45) is 3.14. The Labute approximate surface area is 124 Å². The van der Waals surface area contributed by atoms with Crippen molar-refractivity contribution in [3.63, 3.8) is 0 Å². The third-order valence-electron chi connectivity index (χ3n) is 2.74. The van der Waals surface area contributed by atoms with Crippen molar-refractivity contribution in [2.75, 3.05) is 20.8 Å². The zero-order valence-corrected chi connectivity index (χ0v) is 12.7. The van der Waals surface area contributed by atoms with Crippen LogP contribution in [0.25, 0.3) is 0 Å². The van der Waals surface area contributed by atoms with Crippen LogP contribution in [0.4, 0.5) is 0 Å². The molecule has 0 spiro atoms. The highest BCUT2D eigenvalue weighted by Gasteiger charge is 2.47. The lowest BCUT2D eigenvalue weighted by molar-refractivity contribution is -0.168. The van der Waals surface area contributed by atoms with Gasteiger partial charge in [-0.3, -0.25) is 14.4 Å². The maximum Gasteiger partial charge on any atom is 0.324 e. The minimum Gasteiger partial charge on any atom is -0.468 e. The van der Waals surface area contributed by atoms with E-state index in [9.17, 15) is 14.4 Å². The van der Waals surface area contributed by atoms with E-state index >= 15 is 0 Å². The minimum atomic E-state index is -1.51. The van der Waals surface area contributed by atoms with Gasteiger partial charge in [0.2, 0.25) is 0 Å². The van der Waals surface area contributed by atoms with Gasteiger partial charge in [-0.15, -0.1) is 11.8 Å². The number of carbonyl (C=O) groups is 3. The fourth-order valence-corrected chi connectivity index (χ4v) is 1.61. The second-order valence-electron chi connectivity index (χ2n) is 4.15. The highest BCUT2D eigenvalue weighted by Crippen LogP contribution is 2.30. The standard InChI is InChI=1S/C15H20O6/c1-5-6-9-15(13(17)19-3,14(18)20-4)10-7-8-11-21-12(2)16/h7-8H,9-11H2,1-4H3/b8-7+. The SMILES string of the molecule is CC#CCC(C/C=C/COC(C)=O)(C(=O)OC)C(=O)OC. The van der Waals surface area contributed by atoms with Gasteiger partial charge in [-0.25, -0.2) is 0 Å². The lowest BCUT2D eigenvalue weighted by Gasteiger charge is -2.24. The Morgan fingerprint density at radius 1 is 1.10 bits per heavy atom. The predicted octanol–water partition coefficient (Wildman–Crippen LogP) is 1.24. The monoisotopic (exact) mass is 296 g/mol. The first-order valence-corrected chi connectivity index (χ1v) is 6.29. The molecule has 6 nitrogen and oxygen atoms in total. The average molecular weight is 296 g/mol. The van der Waals surface area contributed by atoms with Gasteiger partial charge in [0, 0.05) is 13.3 Å². The molecule has 0 aliphatic carbocycles. The van der Waals surface area contributed by atoms with E-state index in [0.717, 1.165) is 0 Å². The molecule has 116 valence electrons. The molecule has 21 heavy (non-hydrogen) atoms. The van der Waals surface area contributed by atoms with Crippen LogP contribution in [0.1, 0.15) is 26.7 Å². The molecule has 0 N–H and O–H groups in total. The first kappa shape index (κ1) is 18.7. The van der Waals surface area contributed by atoms with Gasteiger partial charge in [0.15, 0.2) is 5.41 Å². The lowest BCUT2D eigenvalue weighted by atomic mass is 9.81. The first-order chi connectivity index (χ1) is 9.94. The summed E-state index contributed by atoms with van der Waals surface area (Å²) in [4.78, 5) is 34.6. The molecule has 0 aromatic carbocycles. The molecule has 6 heteroatoms. The van der Waals surface area contributed by atoms with Crippen LogP contribution in [0, 0.1) is 17.3 Å². The number of ether oxygens (including phenoxy) is 3. The van der Waals surface area contributed by atoms with Gasteiger partial charge < -0.3 is 14.2 Å². The highest BCUT2D eigenvalue weighted by atomic mass is 16.5. The normalized spacial score (nSPS) is 10.5. The summed E-state index contributed by atoms with van der Waals surface area (Å²) in [5.74, 6) is 3.51. The van der Waals surface area contributed by atoms with Gasteiger partial charge in [-0.05, 0) is 13.3 Å². The third-order valence-corrected chi connectivity index (χ3v) is 2.74. The Balaban J connectivity index is 5.15. The molecule has 0 aliphatic rings. The minimum absolute atomic E-state index is 0.0131. The second kappa shape index (κ2) is 9.59. The molecule has 0 bridgehead atoms. The molecular weight excluding hydrogens is 276 g/mol.